The number of ether oxygens (including phenoxy) is 2. The van der Waals surface area contributed by atoms with Crippen LogP contribution in [0.2, 0.25) is 0 Å². The molecular formula is C16H22N2O5. The van der Waals surface area contributed by atoms with E-state index in [0.29, 0.717) is 5.75 Å². The minimum atomic E-state index is -0.648. The third-order valence-corrected chi connectivity index (χ3v) is 3.28. The Bertz CT molecular complexity index is 586. The van der Waals surface area contributed by atoms with Crippen LogP contribution < -0.4 is 10.1 Å². The van der Waals surface area contributed by atoms with Gasteiger partial charge in [-0.15, -0.1) is 0 Å². The first-order valence-corrected chi connectivity index (χ1v) is 7.13. The van der Waals surface area contributed by atoms with E-state index >= 15 is 0 Å². The molecular weight excluding hydrogens is 300 g/mol. The molecule has 0 atom stereocenters. The Morgan fingerprint density at radius 3 is 2.43 bits per heavy atom. The van der Waals surface area contributed by atoms with Crippen molar-refractivity contribution in [3.63, 3.8) is 0 Å². The Kier molecular flexibility index (Phi) is 7.05. The van der Waals surface area contributed by atoms with E-state index in [0.717, 1.165) is 11.1 Å². The number of amides is 2. The summed E-state index contributed by atoms with van der Waals surface area (Å²) in [4.78, 5) is 35.6. The van der Waals surface area contributed by atoms with Gasteiger partial charge >= 0.3 is 5.97 Å². The first kappa shape index (κ1) is 18.5. The average Bonchev–Trinajstić information content (AvgIpc) is 2.53. The molecule has 0 saturated heterocycles. The fourth-order valence-corrected chi connectivity index (χ4v) is 1.62. The van der Waals surface area contributed by atoms with Gasteiger partial charge in [0.05, 0.1) is 6.54 Å². The molecule has 0 aliphatic carbocycles. The van der Waals surface area contributed by atoms with Crippen molar-refractivity contribution in [1.82, 2.24) is 10.2 Å². The number of benzene rings is 1. The van der Waals surface area contributed by atoms with Gasteiger partial charge in [-0.3, -0.25) is 9.59 Å². The summed E-state index contributed by atoms with van der Waals surface area (Å²) in [5, 5.41) is 2.40. The van der Waals surface area contributed by atoms with Gasteiger partial charge in [-0.25, -0.2) is 4.79 Å². The fraction of sp³-hybridized carbons (Fsp3) is 0.438. The van der Waals surface area contributed by atoms with E-state index < -0.39 is 18.5 Å². The summed E-state index contributed by atoms with van der Waals surface area (Å²) in [6.07, 6.45) is 0. The van der Waals surface area contributed by atoms with Crippen molar-refractivity contribution in [1.29, 1.82) is 0 Å². The van der Waals surface area contributed by atoms with E-state index in [4.69, 9.17) is 9.47 Å². The fourth-order valence-electron chi connectivity index (χ4n) is 1.62. The molecule has 0 aliphatic heterocycles. The van der Waals surface area contributed by atoms with Crippen molar-refractivity contribution < 1.29 is 23.9 Å². The van der Waals surface area contributed by atoms with Crippen molar-refractivity contribution in [3.8, 4) is 5.75 Å². The molecule has 23 heavy (non-hydrogen) atoms. The molecule has 1 rings (SSSR count). The summed E-state index contributed by atoms with van der Waals surface area (Å²) in [5.74, 6) is -0.851. The highest BCUT2D eigenvalue weighted by molar-refractivity contribution is 5.86. The molecule has 0 aromatic heterocycles. The summed E-state index contributed by atoms with van der Waals surface area (Å²) in [6.45, 7) is 3.12. The molecule has 2 amide bonds. The van der Waals surface area contributed by atoms with Crippen LogP contribution in [0.15, 0.2) is 18.2 Å². The molecule has 1 aromatic carbocycles. The molecule has 0 bridgehead atoms. The monoisotopic (exact) mass is 322 g/mol. The Morgan fingerprint density at radius 1 is 1.13 bits per heavy atom. The van der Waals surface area contributed by atoms with Crippen molar-refractivity contribution >= 4 is 17.8 Å². The van der Waals surface area contributed by atoms with Crippen LogP contribution in [0.3, 0.4) is 0 Å². The van der Waals surface area contributed by atoms with Crippen LogP contribution in [-0.4, -0.2) is 56.5 Å². The van der Waals surface area contributed by atoms with Crippen LogP contribution in [0.4, 0.5) is 0 Å². The van der Waals surface area contributed by atoms with Crippen LogP contribution >= 0.6 is 0 Å². The number of likely N-dealkylation sites (N-methyl/N-ethyl adjacent to an activating group) is 2. The lowest BCUT2D eigenvalue weighted by Crippen LogP contribution is -2.39. The van der Waals surface area contributed by atoms with Gasteiger partial charge in [-0.05, 0) is 37.1 Å². The van der Waals surface area contributed by atoms with Crippen LogP contribution in [0.5, 0.6) is 5.75 Å². The topological polar surface area (TPSA) is 84.9 Å². The number of aryl methyl sites for hydroxylation is 2. The van der Waals surface area contributed by atoms with Gasteiger partial charge in [0.25, 0.3) is 5.91 Å². The lowest BCUT2D eigenvalue weighted by atomic mass is 10.1. The first-order chi connectivity index (χ1) is 10.8. The minimum Gasteiger partial charge on any atom is -0.482 e. The molecule has 0 radical (unpaired) electrons. The number of hydrogen-bond acceptors (Lipinski definition) is 5. The molecule has 0 fully saturated rings. The zero-order chi connectivity index (χ0) is 17.4. The number of carbonyl (C=O) groups is 3. The van der Waals surface area contributed by atoms with E-state index in [2.05, 4.69) is 5.32 Å². The number of esters is 1. The van der Waals surface area contributed by atoms with E-state index in [9.17, 15) is 14.4 Å². The third-order valence-electron chi connectivity index (χ3n) is 3.28. The van der Waals surface area contributed by atoms with E-state index in [1.807, 2.05) is 26.0 Å². The lowest BCUT2D eigenvalue weighted by molar-refractivity contribution is -0.153. The highest BCUT2D eigenvalue weighted by Crippen LogP contribution is 2.16. The highest BCUT2D eigenvalue weighted by atomic mass is 16.6. The standard InChI is InChI=1S/C16H22N2O5/c1-11-5-6-13(7-12(11)2)22-10-16(21)23-9-15(20)18(4)8-14(19)17-3/h5-7H,8-10H2,1-4H3,(H,17,19). The Labute approximate surface area is 135 Å². The number of nitrogens with one attached hydrogen (secondary N) is 1. The first-order valence-electron chi connectivity index (χ1n) is 7.13. The second kappa shape index (κ2) is 8.77. The molecule has 0 saturated carbocycles. The van der Waals surface area contributed by atoms with Gasteiger partial charge in [0.2, 0.25) is 5.91 Å². The average molecular weight is 322 g/mol. The van der Waals surface area contributed by atoms with E-state index in [1.165, 1.54) is 19.0 Å². The molecule has 0 spiro atoms. The molecule has 126 valence electrons. The van der Waals surface area contributed by atoms with Crippen molar-refractivity contribution in [2.45, 2.75) is 13.8 Å². The smallest absolute Gasteiger partial charge is 0.344 e. The van der Waals surface area contributed by atoms with Crippen LogP contribution in [0.25, 0.3) is 0 Å². The third kappa shape index (κ3) is 6.37. The second-order valence-corrected chi connectivity index (χ2v) is 5.12. The molecule has 1 N–H and O–H groups in total. The Morgan fingerprint density at radius 2 is 1.83 bits per heavy atom. The predicted octanol–water partition coefficient (Wildman–Crippen LogP) is 0.430. The van der Waals surface area contributed by atoms with Crippen molar-refractivity contribution in [3.05, 3.63) is 29.3 Å². The normalized spacial score (nSPS) is 9.91. The summed E-state index contributed by atoms with van der Waals surface area (Å²) < 4.78 is 10.1. The van der Waals surface area contributed by atoms with Gasteiger partial charge in [0.15, 0.2) is 13.2 Å². The molecule has 1 aromatic rings. The van der Waals surface area contributed by atoms with Crippen molar-refractivity contribution in [2.24, 2.45) is 0 Å². The number of nitrogens with zero attached hydrogens (tertiary/aromatic N) is 1. The van der Waals surface area contributed by atoms with Gasteiger partial charge in [0, 0.05) is 14.1 Å². The Balaban J connectivity index is 2.35. The number of carbonyl (C=O) groups excluding carboxylic acids is 3. The zero-order valence-electron chi connectivity index (χ0n) is 13.8. The zero-order valence-corrected chi connectivity index (χ0v) is 13.8. The van der Waals surface area contributed by atoms with Gasteiger partial charge in [-0.2, -0.15) is 0 Å². The summed E-state index contributed by atoms with van der Waals surface area (Å²) in [6, 6.07) is 5.48. The predicted molar refractivity (Wildman–Crippen MR) is 84.1 cm³/mol. The maximum absolute atomic E-state index is 11.7. The highest BCUT2D eigenvalue weighted by Gasteiger charge is 2.14. The Hall–Kier alpha value is -2.57. The van der Waals surface area contributed by atoms with Gasteiger partial charge in [-0.1, -0.05) is 6.07 Å². The van der Waals surface area contributed by atoms with E-state index in [-0.39, 0.29) is 19.1 Å². The molecule has 0 unspecified atom stereocenters. The van der Waals surface area contributed by atoms with Crippen molar-refractivity contribution in [2.75, 3.05) is 33.9 Å². The molecule has 0 heterocycles. The molecule has 7 nitrogen and oxygen atoms in total. The van der Waals surface area contributed by atoms with Crippen LogP contribution in [0, 0.1) is 13.8 Å². The maximum Gasteiger partial charge on any atom is 0.344 e. The largest absolute Gasteiger partial charge is 0.482 e. The lowest BCUT2D eigenvalue weighted by Gasteiger charge is -2.16. The molecule has 0 aliphatic rings. The quantitative estimate of drug-likeness (QED) is 0.736. The van der Waals surface area contributed by atoms with Crippen LogP contribution in [-0.2, 0) is 19.1 Å². The van der Waals surface area contributed by atoms with Crippen LogP contribution in [0.1, 0.15) is 11.1 Å². The molecule has 7 heteroatoms. The summed E-state index contributed by atoms with van der Waals surface area (Å²) in [5.41, 5.74) is 2.19. The minimum absolute atomic E-state index is 0.0912. The maximum atomic E-state index is 11.7. The summed E-state index contributed by atoms with van der Waals surface area (Å²) >= 11 is 0. The summed E-state index contributed by atoms with van der Waals surface area (Å²) in [7, 11) is 2.93. The second-order valence-electron chi connectivity index (χ2n) is 5.12. The number of rotatable bonds is 7. The van der Waals surface area contributed by atoms with Gasteiger partial charge < -0.3 is 19.7 Å². The number of hydrogen-bond donors (Lipinski definition) is 1. The SMILES string of the molecule is CNC(=O)CN(C)C(=O)COC(=O)COc1ccc(C)c(C)c1. The van der Waals surface area contributed by atoms with E-state index in [1.54, 1.807) is 6.07 Å². The van der Waals surface area contributed by atoms with Gasteiger partial charge in [0.1, 0.15) is 5.75 Å².